The Bertz CT molecular complexity index is 313. The highest BCUT2D eigenvalue weighted by Crippen LogP contribution is 2.04. The predicted molar refractivity (Wildman–Crippen MR) is 53.2 cm³/mol. The molecule has 0 fully saturated rings. The molecule has 1 aromatic rings. The third kappa shape index (κ3) is 3.56. The Morgan fingerprint density at radius 1 is 1.67 bits per heavy atom. The van der Waals surface area contributed by atoms with E-state index in [9.17, 15) is 4.79 Å². The molecule has 1 aromatic heterocycles. The molecule has 15 heavy (non-hydrogen) atoms. The van der Waals surface area contributed by atoms with Crippen molar-refractivity contribution in [1.82, 2.24) is 15.5 Å². The van der Waals surface area contributed by atoms with E-state index >= 15 is 0 Å². The maximum Gasteiger partial charge on any atom is 0.271 e. The maximum absolute atomic E-state index is 11.4. The van der Waals surface area contributed by atoms with Crippen molar-refractivity contribution >= 4 is 11.6 Å². The van der Waals surface area contributed by atoms with E-state index in [-0.39, 0.29) is 24.8 Å². The summed E-state index contributed by atoms with van der Waals surface area (Å²) in [6.07, 6.45) is 1.37. The van der Waals surface area contributed by atoms with E-state index < -0.39 is 0 Å². The number of nitrogens with one attached hydrogen (secondary N) is 2. The zero-order valence-corrected chi connectivity index (χ0v) is 8.19. The summed E-state index contributed by atoms with van der Waals surface area (Å²) in [5.74, 6) is -0.322. The van der Waals surface area contributed by atoms with Crippen molar-refractivity contribution in [2.24, 2.45) is 0 Å². The van der Waals surface area contributed by atoms with Gasteiger partial charge in [-0.05, 0) is 0 Å². The molecule has 0 spiro atoms. The molecule has 0 saturated heterocycles. The molecular formula is C8H14N4O3. The Labute approximate surface area is 86.6 Å². The van der Waals surface area contributed by atoms with Crippen molar-refractivity contribution in [2.45, 2.75) is 0 Å². The van der Waals surface area contributed by atoms with E-state index in [1.54, 1.807) is 0 Å². The SMILES string of the molecule is Nc1cn[nH]c1C(=O)NCCOCCO. The second kappa shape index (κ2) is 5.99. The first-order chi connectivity index (χ1) is 7.25. The second-order valence-electron chi connectivity index (χ2n) is 2.79. The topological polar surface area (TPSA) is 113 Å². The third-order valence-corrected chi connectivity index (χ3v) is 1.66. The van der Waals surface area contributed by atoms with Gasteiger partial charge in [0.05, 0.1) is 31.7 Å². The zero-order chi connectivity index (χ0) is 11.1. The number of hydrogen-bond acceptors (Lipinski definition) is 5. The van der Waals surface area contributed by atoms with Gasteiger partial charge in [0.15, 0.2) is 0 Å². The lowest BCUT2D eigenvalue weighted by atomic mass is 10.3. The summed E-state index contributed by atoms with van der Waals surface area (Å²) in [6, 6.07) is 0. The lowest BCUT2D eigenvalue weighted by Gasteiger charge is -2.04. The van der Waals surface area contributed by atoms with Crippen LogP contribution in [0.2, 0.25) is 0 Å². The van der Waals surface area contributed by atoms with Crippen LogP contribution in [0.1, 0.15) is 10.5 Å². The second-order valence-corrected chi connectivity index (χ2v) is 2.79. The quantitative estimate of drug-likeness (QED) is 0.441. The third-order valence-electron chi connectivity index (χ3n) is 1.66. The number of ether oxygens (including phenoxy) is 1. The molecule has 0 radical (unpaired) electrons. The number of H-pyrrole nitrogens is 1. The fraction of sp³-hybridized carbons (Fsp3) is 0.500. The summed E-state index contributed by atoms with van der Waals surface area (Å²) >= 11 is 0. The van der Waals surface area contributed by atoms with Crippen LogP contribution in [0, 0.1) is 0 Å². The van der Waals surface area contributed by atoms with Gasteiger partial charge in [-0.1, -0.05) is 0 Å². The number of aliphatic hydroxyl groups is 1. The van der Waals surface area contributed by atoms with Gasteiger partial charge >= 0.3 is 0 Å². The minimum Gasteiger partial charge on any atom is -0.396 e. The summed E-state index contributed by atoms with van der Waals surface area (Å²) in [4.78, 5) is 11.4. The van der Waals surface area contributed by atoms with Crippen molar-refractivity contribution < 1.29 is 14.6 Å². The number of hydrogen-bond donors (Lipinski definition) is 4. The van der Waals surface area contributed by atoms with E-state index in [0.717, 1.165) is 0 Å². The number of carbonyl (C=O) groups excluding carboxylic acids is 1. The Morgan fingerprint density at radius 2 is 2.47 bits per heavy atom. The summed E-state index contributed by atoms with van der Waals surface area (Å²) in [5, 5.41) is 17.1. The monoisotopic (exact) mass is 214 g/mol. The summed E-state index contributed by atoms with van der Waals surface area (Å²) in [7, 11) is 0. The van der Waals surface area contributed by atoms with Crippen molar-refractivity contribution in [3.05, 3.63) is 11.9 Å². The van der Waals surface area contributed by atoms with Crippen LogP contribution in [0.25, 0.3) is 0 Å². The molecule has 1 amide bonds. The van der Waals surface area contributed by atoms with E-state index in [2.05, 4.69) is 15.5 Å². The number of nitrogens with zero attached hydrogens (tertiary/aromatic N) is 1. The summed E-state index contributed by atoms with van der Waals surface area (Å²) < 4.78 is 4.96. The van der Waals surface area contributed by atoms with Crippen LogP contribution in [0.3, 0.4) is 0 Å². The van der Waals surface area contributed by atoms with E-state index in [1.165, 1.54) is 6.20 Å². The first-order valence-corrected chi connectivity index (χ1v) is 4.51. The Balaban J connectivity index is 2.22. The molecule has 5 N–H and O–H groups in total. The first-order valence-electron chi connectivity index (χ1n) is 4.51. The van der Waals surface area contributed by atoms with E-state index in [4.69, 9.17) is 15.6 Å². The van der Waals surface area contributed by atoms with Crippen LogP contribution in [0.4, 0.5) is 5.69 Å². The molecular weight excluding hydrogens is 200 g/mol. The normalized spacial score (nSPS) is 10.2. The molecule has 0 bridgehead atoms. The molecule has 0 aliphatic carbocycles. The Morgan fingerprint density at radius 3 is 3.07 bits per heavy atom. The summed E-state index contributed by atoms with van der Waals surface area (Å²) in [5.41, 5.74) is 6.03. The highest BCUT2D eigenvalue weighted by Gasteiger charge is 2.10. The lowest BCUT2D eigenvalue weighted by molar-refractivity contribution is 0.0835. The number of nitrogens with two attached hydrogens (primary N) is 1. The van der Waals surface area contributed by atoms with Crippen molar-refractivity contribution in [1.29, 1.82) is 0 Å². The van der Waals surface area contributed by atoms with Gasteiger partial charge in [-0.25, -0.2) is 0 Å². The van der Waals surface area contributed by atoms with Gasteiger partial charge in [-0.15, -0.1) is 0 Å². The fourth-order valence-electron chi connectivity index (χ4n) is 0.969. The van der Waals surface area contributed by atoms with Crippen molar-refractivity contribution in [3.8, 4) is 0 Å². The standard InChI is InChI=1S/C8H14N4O3/c9-6-5-11-12-7(6)8(14)10-1-3-15-4-2-13/h5,13H,1-4,9H2,(H,10,14)(H,11,12). The van der Waals surface area contributed by atoms with Crippen LogP contribution in [-0.2, 0) is 4.74 Å². The molecule has 84 valence electrons. The molecule has 0 aliphatic rings. The molecule has 0 atom stereocenters. The number of aliphatic hydroxyl groups excluding tert-OH is 1. The maximum atomic E-state index is 11.4. The van der Waals surface area contributed by atoms with Crippen LogP contribution in [0.5, 0.6) is 0 Å². The number of carbonyl (C=O) groups is 1. The van der Waals surface area contributed by atoms with E-state index in [0.29, 0.717) is 18.8 Å². The number of nitrogen functional groups attached to an aromatic ring is 1. The number of rotatable bonds is 6. The molecule has 0 saturated carbocycles. The minimum absolute atomic E-state index is 0.0263. The molecule has 1 rings (SSSR count). The van der Waals surface area contributed by atoms with Gasteiger partial charge in [0, 0.05) is 6.54 Å². The number of amides is 1. The average Bonchev–Trinajstić information content (AvgIpc) is 2.64. The van der Waals surface area contributed by atoms with Gasteiger partial charge < -0.3 is 20.9 Å². The summed E-state index contributed by atoms with van der Waals surface area (Å²) in [6.45, 7) is 0.946. The highest BCUT2D eigenvalue weighted by molar-refractivity contribution is 5.96. The predicted octanol–water partition coefficient (Wildman–Crippen LogP) is -1.27. The first kappa shape index (κ1) is 11.5. The van der Waals surface area contributed by atoms with Crippen LogP contribution in [-0.4, -0.2) is 47.6 Å². The molecule has 7 heteroatoms. The Hall–Kier alpha value is -1.60. The minimum atomic E-state index is -0.322. The van der Waals surface area contributed by atoms with Gasteiger partial charge in [-0.3, -0.25) is 9.89 Å². The molecule has 0 aromatic carbocycles. The van der Waals surface area contributed by atoms with Gasteiger partial charge in [-0.2, -0.15) is 5.10 Å². The van der Waals surface area contributed by atoms with Crippen LogP contribution < -0.4 is 11.1 Å². The lowest BCUT2D eigenvalue weighted by Crippen LogP contribution is -2.28. The van der Waals surface area contributed by atoms with E-state index in [1.807, 2.05) is 0 Å². The highest BCUT2D eigenvalue weighted by atomic mass is 16.5. The van der Waals surface area contributed by atoms with Crippen LogP contribution in [0.15, 0.2) is 6.20 Å². The average molecular weight is 214 g/mol. The number of aromatic amines is 1. The largest absolute Gasteiger partial charge is 0.396 e. The van der Waals surface area contributed by atoms with Crippen molar-refractivity contribution in [2.75, 3.05) is 32.1 Å². The molecule has 1 heterocycles. The van der Waals surface area contributed by atoms with Crippen molar-refractivity contribution in [3.63, 3.8) is 0 Å². The number of aromatic nitrogens is 2. The number of anilines is 1. The van der Waals surface area contributed by atoms with Crippen LogP contribution >= 0.6 is 0 Å². The Kier molecular flexibility index (Phi) is 4.58. The molecule has 0 aliphatic heterocycles. The fourth-order valence-corrected chi connectivity index (χ4v) is 0.969. The van der Waals surface area contributed by atoms with Gasteiger partial charge in [0.25, 0.3) is 5.91 Å². The molecule has 7 nitrogen and oxygen atoms in total. The zero-order valence-electron chi connectivity index (χ0n) is 8.19. The van der Waals surface area contributed by atoms with Gasteiger partial charge in [0.1, 0.15) is 5.69 Å². The molecule has 0 unspecified atom stereocenters. The smallest absolute Gasteiger partial charge is 0.271 e. The van der Waals surface area contributed by atoms with Gasteiger partial charge in [0.2, 0.25) is 0 Å².